The Kier molecular flexibility index (Phi) is 8.36. The summed E-state index contributed by atoms with van der Waals surface area (Å²) in [5, 5.41) is 10.9. The number of nitrogens with zero attached hydrogens (tertiary/aromatic N) is 6. The molecule has 2 aromatic heterocycles. The fourth-order valence-corrected chi connectivity index (χ4v) is 7.85. The van der Waals surface area contributed by atoms with Crippen molar-refractivity contribution in [2.24, 2.45) is 11.7 Å². The summed E-state index contributed by atoms with van der Waals surface area (Å²) in [5.74, 6) is 0.134. The normalized spacial score (nSPS) is 20.4. The molecule has 1 atom stereocenters. The number of hydrogen-bond acceptors (Lipinski definition) is 11. The molecule has 4 N–H and O–H groups in total. The summed E-state index contributed by atoms with van der Waals surface area (Å²) >= 11 is 0. The summed E-state index contributed by atoms with van der Waals surface area (Å²) in [4.78, 5) is 52.4. The van der Waals surface area contributed by atoms with E-state index in [9.17, 15) is 14.4 Å². The standard InChI is InChI=1S/C36H41N9O4/c37-34(47)32-35(40-29(18-38-32)45-14-2-1-3-15-45)39-24-5-7-25(8-6-24)44-16-12-22(13-17-44)19-43-20-23-4-9-26-31(42-49-33(26)28(23)21-43)27-10-11-30(46)41-36(27)48/h4-9,18,22,27H,1-3,10-17,19-21H2,(H2,37,47)(H,39,40)(H,41,46,48). The second kappa shape index (κ2) is 13.1. The first kappa shape index (κ1) is 31.2. The van der Waals surface area contributed by atoms with E-state index >= 15 is 0 Å². The van der Waals surface area contributed by atoms with Crippen molar-refractivity contribution < 1.29 is 18.9 Å². The maximum atomic E-state index is 12.5. The minimum Gasteiger partial charge on any atom is -0.372 e. The molecule has 4 aromatic rings. The predicted octanol–water partition coefficient (Wildman–Crippen LogP) is 4.20. The van der Waals surface area contributed by atoms with E-state index < -0.39 is 11.8 Å². The summed E-state index contributed by atoms with van der Waals surface area (Å²) in [7, 11) is 0. The van der Waals surface area contributed by atoms with Gasteiger partial charge in [-0.2, -0.15) is 0 Å². The molecule has 0 aliphatic carbocycles. The lowest BCUT2D eigenvalue weighted by molar-refractivity contribution is -0.134. The fraction of sp³-hybridized carbons (Fsp3) is 0.444. The van der Waals surface area contributed by atoms with Crippen LogP contribution in [0.4, 0.5) is 23.0 Å². The SMILES string of the molecule is NC(=O)c1ncc(N2CCCCC2)nc1Nc1ccc(N2CCC(CN3Cc4ccc5c(C6CCC(=O)NC6=O)noc5c4C3)CC2)cc1. The molecular formula is C36H41N9O4. The molecule has 4 aliphatic heterocycles. The van der Waals surface area contributed by atoms with E-state index in [1.54, 1.807) is 6.20 Å². The molecule has 3 saturated heterocycles. The van der Waals surface area contributed by atoms with Crippen molar-refractivity contribution in [3.05, 3.63) is 65.1 Å². The van der Waals surface area contributed by atoms with Crippen LogP contribution in [0.1, 0.15) is 78.2 Å². The van der Waals surface area contributed by atoms with Crippen LogP contribution in [0, 0.1) is 5.92 Å². The van der Waals surface area contributed by atoms with Gasteiger partial charge in [0.05, 0.1) is 12.1 Å². The minimum atomic E-state index is -0.609. The van der Waals surface area contributed by atoms with Crippen LogP contribution in [0.2, 0.25) is 0 Å². The van der Waals surface area contributed by atoms with E-state index in [0.29, 0.717) is 30.3 Å². The Morgan fingerprint density at radius 2 is 1.76 bits per heavy atom. The highest BCUT2D eigenvalue weighted by molar-refractivity contribution is 6.02. The summed E-state index contributed by atoms with van der Waals surface area (Å²) in [6.45, 7) is 6.51. The second-order valence-electron chi connectivity index (χ2n) is 13.8. The molecule has 6 heterocycles. The number of carbonyl (C=O) groups excluding carboxylic acids is 3. The van der Waals surface area contributed by atoms with Gasteiger partial charge in [-0.3, -0.25) is 24.6 Å². The van der Waals surface area contributed by atoms with Gasteiger partial charge >= 0.3 is 0 Å². The van der Waals surface area contributed by atoms with E-state index in [0.717, 1.165) is 99.5 Å². The van der Waals surface area contributed by atoms with Crippen molar-refractivity contribution in [2.75, 3.05) is 47.8 Å². The van der Waals surface area contributed by atoms with E-state index in [2.05, 4.69) is 53.7 Å². The molecule has 0 bridgehead atoms. The van der Waals surface area contributed by atoms with Gasteiger partial charge in [0.1, 0.15) is 11.5 Å². The number of piperidine rings is 3. The van der Waals surface area contributed by atoms with Crippen molar-refractivity contribution in [2.45, 2.75) is 64.0 Å². The van der Waals surface area contributed by atoms with Crippen molar-refractivity contribution in [3.8, 4) is 0 Å². The van der Waals surface area contributed by atoms with E-state index in [4.69, 9.17) is 15.2 Å². The van der Waals surface area contributed by atoms with Gasteiger partial charge in [-0.1, -0.05) is 11.2 Å². The fourth-order valence-electron chi connectivity index (χ4n) is 7.85. The number of nitrogens with two attached hydrogens (primary N) is 1. The molecule has 0 spiro atoms. The van der Waals surface area contributed by atoms with E-state index in [1.165, 1.54) is 17.7 Å². The van der Waals surface area contributed by atoms with Gasteiger partial charge in [0.15, 0.2) is 17.1 Å². The number of fused-ring (bicyclic) bond motifs is 3. The van der Waals surface area contributed by atoms with Gasteiger partial charge in [0, 0.05) is 74.6 Å². The molecule has 4 aliphatic rings. The molecule has 3 fully saturated rings. The van der Waals surface area contributed by atoms with Crippen LogP contribution in [0.15, 0.2) is 47.1 Å². The van der Waals surface area contributed by atoms with Crippen molar-refractivity contribution in [3.63, 3.8) is 0 Å². The molecule has 254 valence electrons. The first-order chi connectivity index (χ1) is 23.9. The van der Waals surface area contributed by atoms with Crippen LogP contribution in [0.3, 0.4) is 0 Å². The Morgan fingerprint density at radius 1 is 0.959 bits per heavy atom. The van der Waals surface area contributed by atoms with Crippen LogP contribution in [-0.2, 0) is 22.7 Å². The molecule has 0 radical (unpaired) electrons. The smallest absolute Gasteiger partial charge is 0.271 e. The van der Waals surface area contributed by atoms with E-state index in [-0.39, 0.29) is 17.5 Å². The van der Waals surface area contributed by atoms with Crippen molar-refractivity contribution in [1.29, 1.82) is 0 Å². The summed E-state index contributed by atoms with van der Waals surface area (Å²) in [6, 6.07) is 12.4. The van der Waals surface area contributed by atoms with Crippen LogP contribution in [0.25, 0.3) is 11.0 Å². The Balaban J connectivity index is 0.867. The lowest BCUT2D eigenvalue weighted by atomic mass is 9.92. The number of hydrogen-bond donors (Lipinski definition) is 3. The van der Waals surface area contributed by atoms with Gasteiger partial charge in [-0.05, 0) is 80.3 Å². The number of nitrogens with one attached hydrogen (secondary N) is 2. The van der Waals surface area contributed by atoms with Crippen LogP contribution in [0.5, 0.6) is 0 Å². The number of carbonyl (C=O) groups is 3. The Hall–Kier alpha value is -5.04. The first-order valence-corrected chi connectivity index (χ1v) is 17.4. The molecule has 1 unspecified atom stereocenters. The lowest BCUT2D eigenvalue weighted by Crippen LogP contribution is -2.39. The predicted molar refractivity (Wildman–Crippen MR) is 185 cm³/mol. The van der Waals surface area contributed by atoms with Crippen LogP contribution in [-0.4, -0.2) is 70.5 Å². The molecular weight excluding hydrogens is 622 g/mol. The van der Waals surface area contributed by atoms with Gasteiger partial charge in [-0.15, -0.1) is 0 Å². The van der Waals surface area contributed by atoms with E-state index in [1.807, 2.05) is 18.2 Å². The largest absolute Gasteiger partial charge is 0.372 e. The minimum absolute atomic E-state index is 0.134. The molecule has 0 saturated carbocycles. The summed E-state index contributed by atoms with van der Waals surface area (Å²) < 4.78 is 5.83. The molecule has 13 heteroatoms. The highest BCUT2D eigenvalue weighted by atomic mass is 16.5. The third-order valence-corrected chi connectivity index (χ3v) is 10.5. The average Bonchev–Trinajstić information content (AvgIpc) is 3.73. The molecule has 49 heavy (non-hydrogen) atoms. The second-order valence-corrected chi connectivity index (χ2v) is 13.8. The van der Waals surface area contributed by atoms with Crippen molar-refractivity contribution >= 4 is 51.7 Å². The molecule has 3 amide bonds. The monoisotopic (exact) mass is 663 g/mol. The lowest BCUT2D eigenvalue weighted by Gasteiger charge is -2.35. The van der Waals surface area contributed by atoms with Gasteiger partial charge in [0.25, 0.3) is 5.91 Å². The summed E-state index contributed by atoms with van der Waals surface area (Å²) in [5.41, 5.74) is 11.5. The van der Waals surface area contributed by atoms with Gasteiger partial charge < -0.3 is 25.4 Å². The molecule has 13 nitrogen and oxygen atoms in total. The third kappa shape index (κ3) is 6.30. The van der Waals surface area contributed by atoms with Crippen LogP contribution >= 0.6 is 0 Å². The van der Waals surface area contributed by atoms with Gasteiger partial charge in [0.2, 0.25) is 11.8 Å². The number of amides is 3. The third-order valence-electron chi connectivity index (χ3n) is 10.5. The Bertz CT molecular complexity index is 1890. The first-order valence-electron chi connectivity index (χ1n) is 17.4. The highest BCUT2D eigenvalue weighted by Gasteiger charge is 2.34. The maximum Gasteiger partial charge on any atom is 0.271 e. The molecule has 8 rings (SSSR count). The maximum absolute atomic E-state index is 12.5. The quantitative estimate of drug-likeness (QED) is 0.232. The number of aromatic nitrogens is 3. The number of primary amides is 1. The Morgan fingerprint density at radius 3 is 2.51 bits per heavy atom. The zero-order valence-corrected chi connectivity index (χ0v) is 27.5. The zero-order chi connectivity index (χ0) is 33.5. The average molecular weight is 664 g/mol. The van der Waals surface area contributed by atoms with Crippen LogP contribution < -0.4 is 26.2 Å². The number of imide groups is 1. The topological polar surface area (TPSA) is 163 Å². The highest BCUT2D eigenvalue weighted by Crippen LogP contribution is 2.37. The molecule has 2 aromatic carbocycles. The number of rotatable bonds is 8. The zero-order valence-electron chi connectivity index (χ0n) is 27.5. The van der Waals surface area contributed by atoms with Gasteiger partial charge in [-0.25, -0.2) is 9.97 Å². The number of benzene rings is 2. The number of anilines is 4. The Labute approximate surface area is 284 Å². The van der Waals surface area contributed by atoms with Crippen molar-refractivity contribution in [1.82, 2.24) is 25.3 Å². The summed E-state index contributed by atoms with van der Waals surface area (Å²) in [6.07, 6.45) is 8.07.